The molecule has 0 heterocycles. The molecule has 0 saturated heterocycles. The Morgan fingerprint density at radius 2 is 1.41 bits per heavy atom. The average Bonchev–Trinajstić information content (AvgIpc) is 2.69. The SMILES string of the molecule is Cc1ccc(O[C@@H](C)C(=O)NC(c2ccccc2)c2ccccc2)c(C)c1. The van der Waals surface area contributed by atoms with E-state index in [0.717, 1.165) is 22.4 Å². The van der Waals surface area contributed by atoms with Gasteiger partial charge in [0.25, 0.3) is 5.91 Å². The molecule has 3 aromatic rings. The van der Waals surface area contributed by atoms with Gasteiger partial charge < -0.3 is 10.1 Å². The highest BCUT2D eigenvalue weighted by Crippen LogP contribution is 2.23. The molecule has 0 spiro atoms. The van der Waals surface area contributed by atoms with Gasteiger partial charge in [-0.05, 0) is 43.5 Å². The average molecular weight is 359 g/mol. The Balaban J connectivity index is 1.78. The van der Waals surface area contributed by atoms with Gasteiger partial charge >= 0.3 is 0 Å². The quantitative estimate of drug-likeness (QED) is 0.674. The van der Waals surface area contributed by atoms with Crippen molar-refractivity contribution in [2.45, 2.75) is 32.9 Å². The largest absolute Gasteiger partial charge is 0.481 e. The third-order valence-electron chi connectivity index (χ3n) is 4.56. The fourth-order valence-electron chi connectivity index (χ4n) is 3.09. The number of hydrogen-bond acceptors (Lipinski definition) is 2. The molecule has 1 N–H and O–H groups in total. The number of rotatable bonds is 6. The smallest absolute Gasteiger partial charge is 0.261 e. The van der Waals surface area contributed by atoms with Gasteiger partial charge in [-0.1, -0.05) is 78.4 Å². The molecule has 3 heteroatoms. The predicted molar refractivity (Wildman–Crippen MR) is 109 cm³/mol. The molecule has 0 saturated carbocycles. The standard InChI is InChI=1S/C24H25NO2/c1-17-14-15-22(18(2)16-17)27-19(3)24(26)25-23(20-10-6-4-7-11-20)21-12-8-5-9-13-21/h4-16,19,23H,1-3H3,(H,25,26)/t19-/m0/s1. The van der Waals surface area contributed by atoms with E-state index in [0.29, 0.717) is 0 Å². The minimum atomic E-state index is -0.596. The van der Waals surface area contributed by atoms with Crippen LogP contribution in [0.3, 0.4) is 0 Å². The normalized spacial score (nSPS) is 11.9. The van der Waals surface area contributed by atoms with E-state index in [2.05, 4.69) is 11.4 Å². The maximum Gasteiger partial charge on any atom is 0.261 e. The van der Waals surface area contributed by atoms with Crippen molar-refractivity contribution >= 4 is 5.91 Å². The Bertz CT molecular complexity index is 851. The van der Waals surface area contributed by atoms with Crippen molar-refractivity contribution in [3.8, 4) is 5.75 Å². The van der Waals surface area contributed by atoms with Crippen LogP contribution in [-0.2, 0) is 4.79 Å². The second-order valence-corrected chi connectivity index (χ2v) is 6.79. The molecular weight excluding hydrogens is 334 g/mol. The number of nitrogens with one attached hydrogen (secondary N) is 1. The zero-order chi connectivity index (χ0) is 19.2. The van der Waals surface area contributed by atoms with Crippen molar-refractivity contribution in [3.63, 3.8) is 0 Å². The van der Waals surface area contributed by atoms with Crippen LogP contribution < -0.4 is 10.1 Å². The van der Waals surface area contributed by atoms with E-state index in [9.17, 15) is 4.79 Å². The molecule has 1 amide bonds. The second kappa shape index (κ2) is 8.54. The fourth-order valence-corrected chi connectivity index (χ4v) is 3.09. The number of aryl methyl sites for hydroxylation is 2. The summed E-state index contributed by atoms with van der Waals surface area (Å²) in [5.74, 6) is 0.590. The monoisotopic (exact) mass is 359 g/mol. The minimum Gasteiger partial charge on any atom is -0.481 e. The lowest BCUT2D eigenvalue weighted by molar-refractivity contribution is -0.127. The molecule has 0 bridgehead atoms. The number of amides is 1. The summed E-state index contributed by atoms with van der Waals surface area (Å²) in [6, 6.07) is 25.7. The van der Waals surface area contributed by atoms with Gasteiger partial charge in [0.05, 0.1) is 6.04 Å². The van der Waals surface area contributed by atoms with E-state index in [1.54, 1.807) is 6.92 Å². The third kappa shape index (κ3) is 4.76. The number of benzene rings is 3. The Morgan fingerprint density at radius 1 is 0.852 bits per heavy atom. The number of carbonyl (C=O) groups excluding carboxylic acids is 1. The van der Waals surface area contributed by atoms with Crippen LogP contribution in [-0.4, -0.2) is 12.0 Å². The first-order valence-electron chi connectivity index (χ1n) is 9.19. The van der Waals surface area contributed by atoms with Crippen molar-refractivity contribution in [2.24, 2.45) is 0 Å². The highest BCUT2D eigenvalue weighted by atomic mass is 16.5. The van der Waals surface area contributed by atoms with E-state index >= 15 is 0 Å². The first-order valence-corrected chi connectivity index (χ1v) is 9.19. The predicted octanol–water partition coefficient (Wildman–Crippen LogP) is 4.98. The zero-order valence-electron chi connectivity index (χ0n) is 16.0. The van der Waals surface area contributed by atoms with Gasteiger partial charge in [0.1, 0.15) is 5.75 Å². The Hall–Kier alpha value is -3.07. The summed E-state index contributed by atoms with van der Waals surface area (Å²) in [6.45, 7) is 5.81. The summed E-state index contributed by atoms with van der Waals surface area (Å²) >= 11 is 0. The second-order valence-electron chi connectivity index (χ2n) is 6.79. The van der Waals surface area contributed by atoms with Crippen molar-refractivity contribution in [2.75, 3.05) is 0 Å². The Kier molecular flexibility index (Phi) is 5.92. The fraction of sp³-hybridized carbons (Fsp3) is 0.208. The van der Waals surface area contributed by atoms with Crippen LogP contribution in [0.5, 0.6) is 5.75 Å². The van der Waals surface area contributed by atoms with Gasteiger partial charge in [-0.25, -0.2) is 0 Å². The molecule has 138 valence electrons. The highest BCUT2D eigenvalue weighted by molar-refractivity contribution is 5.81. The van der Waals surface area contributed by atoms with Gasteiger partial charge in [-0.3, -0.25) is 4.79 Å². The van der Waals surface area contributed by atoms with Gasteiger partial charge in [0, 0.05) is 0 Å². The number of ether oxygens (including phenoxy) is 1. The van der Waals surface area contributed by atoms with Crippen LogP contribution in [0.15, 0.2) is 78.9 Å². The lowest BCUT2D eigenvalue weighted by Gasteiger charge is -2.23. The number of carbonyl (C=O) groups is 1. The zero-order valence-corrected chi connectivity index (χ0v) is 16.0. The van der Waals surface area contributed by atoms with Crippen LogP contribution in [0.2, 0.25) is 0 Å². The molecule has 27 heavy (non-hydrogen) atoms. The van der Waals surface area contributed by atoms with E-state index in [1.807, 2.05) is 86.6 Å². The summed E-state index contributed by atoms with van der Waals surface area (Å²) in [5, 5.41) is 3.14. The molecule has 0 radical (unpaired) electrons. The van der Waals surface area contributed by atoms with Gasteiger partial charge in [0.15, 0.2) is 6.10 Å². The van der Waals surface area contributed by atoms with Crippen LogP contribution >= 0.6 is 0 Å². The first kappa shape index (κ1) is 18.7. The topological polar surface area (TPSA) is 38.3 Å². The Labute approximate surface area is 161 Å². The third-order valence-corrected chi connectivity index (χ3v) is 4.56. The van der Waals surface area contributed by atoms with Crippen LogP contribution in [0, 0.1) is 13.8 Å². The number of hydrogen-bond donors (Lipinski definition) is 1. The summed E-state index contributed by atoms with van der Waals surface area (Å²) in [6.07, 6.45) is -0.596. The summed E-state index contributed by atoms with van der Waals surface area (Å²) < 4.78 is 5.92. The van der Waals surface area contributed by atoms with Crippen LogP contribution in [0.4, 0.5) is 0 Å². The van der Waals surface area contributed by atoms with Crippen molar-refractivity contribution in [3.05, 3.63) is 101 Å². The molecule has 3 nitrogen and oxygen atoms in total. The van der Waals surface area contributed by atoms with E-state index in [4.69, 9.17) is 4.74 Å². The van der Waals surface area contributed by atoms with Crippen molar-refractivity contribution in [1.82, 2.24) is 5.32 Å². The molecule has 3 aromatic carbocycles. The molecule has 0 aliphatic carbocycles. The summed E-state index contributed by atoms with van der Waals surface area (Å²) in [4.78, 5) is 12.8. The van der Waals surface area contributed by atoms with Gasteiger partial charge in [-0.15, -0.1) is 0 Å². The van der Waals surface area contributed by atoms with E-state index in [-0.39, 0.29) is 11.9 Å². The van der Waals surface area contributed by atoms with Crippen molar-refractivity contribution in [1.29, 1.82) is 0 Å². The van der Waals surface area contributed by atoms with Crippen molar-refractivity contribution < 1.29 is 9.53 Å². The molecule has 3 rings (SSSR count). The molecule has 0 aliphatic rings. The summed E-state index contributed by atoms with van der Waals surface area (Å²) in [7, 11) is 0. The molecule has 0 aromatic heterocycles. The molecule has 1 atom stereocenters. The van der Waals surface area contributed by atoms with Gasteiger partial charge in [-0.2, -0.15) is 0 Å². The maximum atomic E-state index is 12.8. The maximum absolute atomic E-state index is 12.8. The van der Waals surface area contributed by atoms with Gasteiger partial charge in [0.2, 0.25) is 0 Å². The van der Waals surface area contributed by atoms with Crippen LogP contribution in [0.25, 0.3) is 0 Å². The molecule has 0 unspecified atom stereocenters. The lowest BCUT2D eigenvalue weighted by atomic mass is 9.98. The van der Waals surface area contributed by atoms with E-state index in [1.165, 1.54) is 5.56 Å². The summed E-state index contributed by atoms with van der Waals surface area (Å²) in [5.41, 5.74) is 4.27. The van der Waals surface area contributed by atoms with E-state index < -0.39 is 6.10 Å². The van der Waals surface area contributed by atoms with Crippen LogP contribution in [0.1, 0.15) is 35.2 Å². The molecular formula is C24H25NO2. The first-order chi connectivity index (χ1) is 13.0. The minimum absolute atomic E-state index is 0.146. The Morgan fingerprint density at radius 3 is 1.93 bits per heavy atom. The molecule has 0 fully saturated rings. The highest BCUT2D eigenvalue weighted by Gasteiger charge is 2.22. The molecule has 0 aliphatic heterocycles. The lowest BCUT2D eigenvalue weighted by Crippen LogP contribution is -2.39.